The molecule has 0 aliphatic heterocycles. The number of anilines is 1. The quantitative estimate of drug-likeness (QED) is 0.609. The molecule has 1 aromatic heterocycles. The fourth-order valence-electron chi connectivity index (χ4n) is 2.66. The highest BCUT2D eigenvalue weighted by atomic mass is 32.1. The van der Waals surface area contributed by atoms with Crippen molar-refractivity contribution >= 4 is 22.9 Å². The standard InChI is InChI=1S/C21H22N2O4S/c1-4-27-17-8-6-15(7-9-17)22-20(24)12-16-13-28-21(23-16)14-5-10-18(25-2)19(11-14)26-3/h5-11,13H,4,12H2,1-3H3,(H,22,24). The lowest BCUT2D eigenvalue weighted by atomic mass is 10.2. The molecule has 0 saturated heterocycles. The minimum Gasteiger partial charge on any atom is -0.494 e. The number of amides is 1. The van der Waals surface area contributed by atoms with Gasteiger partial charge in [0.15, 0.2) is 11.5 Å². The molecular formula is C21H22N2O4S. The van der Waals surface area contributed by atoms with E-state index < -0.39 is 0 Å². The van der Waals surface area contributed by atoms with Crippen LogP contribution >= 0.6 is 11.3 Å². The molecule has 0 aliphatic carbocycles. The number of benzene rings is 2. The summed E-state index contributed by atoms with van der Waals surface area (Å²) < 4.78 is 16.0. The zero-order valence-corrected chi connectivity index (χ0v) is 16.8. The predicted octanol–water partition coefficient (Wildman–Crippen LogP) is 4.41. The first-order chi connectivity index (χ1) is 13.6. The lowest BCUT2D eigenvalue weighted by Gasteiger charge is -2.08. The third-order valence-corrected chi connectivity index (χ3v) is 4.91. The van der Waals surface area contributed by atoms with E-state index in [1.54, 1.807) is 14.2 Å². The largest absolute Gasteiger partial charge is 0.494 e. The molecule has 2 aromatic carbocycles. The van der Waals surface area contributed by atoms with Gasteiger partial charge in [0.1, 0.15) is 10.8 Å². The zero-order chi connectivity index (χ0) is 19.9. The lowest BCUT2D eigenvalue weighted by molar-refractivity contribution is -0.115. The van der Waals surface area contributed by atoms with Gasteiger partial charge < -0.3 is 19.5 Å². The zero-order valence-electron chi connectivity index (χ0n) is 16.0. The van der Waals surface area contributed by atoms with E-state index in [1.807, 2.05) is 54.8 Å². The molecule has 0 radical (unpaired) electrons. The predicted molar refractivity (Wildman–Crippen MR) is 111 cm³/mol. The molecule has 1 heterocycles. The highest BCUT2D eigenvalue weighted by molar-refractivity contribution is 7.13. The van der Waals surface area contributed by atoms with Crippen LogP contribution in [0.15, 0.2) is 47.8 Å². The number of rotatable bonds is 8. The van der Waals surface area contributed by atoms with Crippen LogP contribution in [0.3, 0.4) is 0 Å². The summed E-state index contributed by atoms with van der Waals surface area (Å²) >= 11 is 1.49. The molecule has 3 aromatic rings. The normalized spacial score (nSPS) is 10.4. The van der Waals surface area contributed by atoms with E-state index in [0.717, 1.165) is 27.7 Å². The number of carbonyl (C=O) groups is 1. The van der Waals surface area contributed by atoms with Crippen molar-refractivity contribution in [2.75, 3.05) is 26.1 Å². The number of ether oxygens (including phenoxy) is 3. The number of hydrogen-bond acceptors (Lipinski definition) is 6. The molecule has 146 valence electrons. The fourth-order valence-corrected chi connectivity index (χ4v) is 3.48. The molecule has 1 amide bonds. The van der Waals surface area contributed by atoms with Gasteiger partial charge in [0, 0.05) is 16.6 Å². The molecule has 6 nitrogen and oxygen atoms in total. The smallest absolute Gasteiger partial charge is 0.230 e. The average Bonchev–Trinajstić information content (AvgIpc) is 3.17. The Labute approximate surface area is 168 Å². The Morgan fingerprint density at radius 3 is 2.50 bits per heavy atom. The van der Waals surface area contributed by atoms with Crippen LogP contribution in [0.1, 0.15) is 12.6 Å². The van der Waals surface area contributed by atoms with Crippen molar-refractivity contribution < 1.29 is 19.0 Å². The van der Waals surface area contributed by atoms with Gasteiger partial charge in [-0.05, 0) is 49.4 Å². The molecule has 3 rings (SSSR count). The van der Waals surface area contributed by atoms with Gasteiger partial charge in [-0.1, -0.05) is 0 Å². The number of thiazole rings is 1. The summed E-state index contributed by atoms with van der Waals surface area (Å²) in [4.78, 5) is 16.9. The molecule has 7 heteroatoms. The van der Waals surface area contributed by atoms with Crippen molar-refractivity contribution in [3.63, 3.8) is 0 Å². The van der Waals surface area contributed by atoms with Crippen molar-refractivity contribution in [1.82, 2.24) is 4.98 Å². The van der Waals surface area contributed by atoms with Gasteiger partial charge in [0.2, 0.25) is 5.91 Å². The van der Waals surface area contributed by atoms with E-state index in [2.05, 4.69) is 10.3 Å². The summed E-state index contributed by atoms with van der Waals surface area (Å²) in [6.45, 7) is 2.54. The Kier molecular flexibility index (Phi) is 6.49. The van der Waals surface area contributed by atoms with Crippen LogP contribution in [0.2, 0.25) is 0 Å². The van der Waals surface area contributed by atoms with Gasteiger partial charge in [-0.15, -0.1) is 11.3 Å². The van der Waals surface area contributed by atoms with Crippen LogP contribution in [-0.4, -0.2) is 31.7 Å². The topological polar surface area (TPSA) is 69.7 Å². The Morgan fingerprint density at radius 2 is 1.82 bits per heavy atom. The average molecular weight is 398 g/mol. The van der Waals surface area contributed by atoms with Crippen LogP contribution in [0.25, 0.3) is 10.6 Å². The van der Waals surface area contributed by atoms with Crippen molar-refractivity contribution in [3.05, 3.63) is 53.5 Å². The van der Waals surface area contributed by atoms with Gasteiger partial charge in [0.05, 0.1) is 32.9 Å². The van der Waals surface area contributed by atoms with Crippen molar-refractivity contribution in [3.8, 4) is 27.8 Å². The first kappa shape index (κ1) is 19.7. The molecule has 0 spiro atoms. The van der Waals surface area contributed by atoms with Gasteiger partial charge >= 0.3 is 0 Å². The second-order valence-electron chi connectivity index (χ2n) is 5.90. The maximum atomic E-state index is 12.3. The number of nitrogens with zero attached hydrogens (tertiary/aromatic N) is 1. The number of carbonyl (C=O) groups excluding carboxylic acids is 1. The van der Waals surface area contributed by atoms with Crippen molar-refractivity contribution in [2.24, 2.45) is 0 Å². The minimum absolute atomic E-state index is 0.117. The lowest BCUT2D eigenvalue weighted by Crippen LogP contribution is -2.14. The molecule has 0 atom stereocenters. The van der Waals surface area contributed by atoms with E-state index >= 15 is 0 Å². The van der Waals surface area contributed by atoms with Crippen LogP contribution in [0, 0.1) is 0 Å². The van der Waals surface area contributed by atoms with Gasteiger partial charge in [-0.3, -0.25) is 4.79 Å². The Hall–Kier alpha value is -3.06. The summed E-state index contributed by atoms with van der Waals surface area (Å²) in [6.07, 6.45) is 0.205. The highest BCUT2D eigenvalue weighted by Crippen LogP contribution is 2.33. The summed E-state index contributed by atoms with van der Waals surface area (Å²) in [6, 6.07) is 12.9. The van der Waals surface area contributed by atoms with Crippen LogP contribution in [0.4, 0.5) is 5.69 Å². The number of aromatic nitrogens is 1. The first-order valence-electron chi connectivity index (χ1n) is 8.82. The van der Waals surface area contributed by atoms with E-state index in [0.29, 0.717) is 18.1 Å². The van der Waals surface area contributed by atoms with E-state index in [4.69, 9.17) is 14.2 Å². The summed E-state index contributed by atoms with van der Waals surface area (Å²) in [5.74, 6) is 1.97. The second-order valence-corrected chi connectivity index (χ2v) is 6.75. The third-order valence-electron chi connectivity index (χ3n) is 3.97. The maximum absolute atomic E-state index is 12.3. The highest BCUT2D eigenvalue weighted by Gasteiger charge is 2.12. The van der Waals surface area contributed by atoms with Gasteiger partial charge in [0.25, 0.3) is 0 Å². The van der Waals surface area contributed by atoms with Crippen molar-refractivity contribution in [1.29, 1.82) is 0 Å². The second kappa shape index (κ2) is 9.23. The molecule has 0 unspecified atom stereocenters. The van der Waals surface area contributed by atoms with Crippen molar-refractivity contribution in [2.45, 2.75) is 13.3 Å². The SMILES string of the molecule is CCOc1ccc(NC(=O)Cc2csc(-c3ccc(OC)c(OC)c3)n2)cc1. The maximum Gasteiger partial charge on any atom is 0.230 e. The molecule has 0 saturated carbocycles. The van der Waals surface area contributed by atoms with E-state index in [-0.39, 0.29) is 12.3 Å². The molecule has 0 bridgehead atoms. The molecule has 0 fully saturated rings. The minimum atomic E-state index is -0.117. The van der Waals surface area contributed by atoms with Gasteiger partial charge in [-0.2, -0.15) is 0 Å². The molecule has 28 heavy (non-hydrogen) atoms. The number of hydrogen-bond donors (Lipinski definition) is 1. The Bertz CT molecular complexity index is 938. The summed E-state index contributed by atoms with van der Waals surface area (Å²) in [5.41, 5.74) is 2.36. The number of nitrogens with one attached hydrogen (secondary N) is 1. The Morgan fingerprint density at radius 1 is 1.07 bits per heavy atom. The van der Waals surface area contributed by atoms with Crippen LogP contribution < -0.4 is 19.5 Å². The van der Waals surface area contributed by atoms with Crippen LogP contribution in [-0.2, 0) is 11.2 Å². The number of methoxy groups -OCH3 is 2. The third kappa shape index (κ3) is 4.80. The first-order valence-corrected chi connectivity index (χ1v) is 9.70. The summed E-state index contributed by atoms with van der Waals surface area (Å²) in [5, 5.41) is 5.59. The van der Waals surface area contributed by atoms with E-state index in [1.165, 1.54) is 11.3 Å². The monoisotopic (exact) mass is 398 g/mol. The molecular weight excluding hydrogens is 376 g/mol. The summed E-state index contributed by atoms with van der Waals surface area (Å²) in [7, 11) is 3.20. The molecule has 1 N–H and O–H groups in total. The van der Waals surface area contributed by atoms with E-state index in [9.17, 15) is 4.79 Å². The van der Waals surface area contributed by atoms with Crippen LogP contribution in [0.5, 0.6) is 17.2 Å². The molecule has 0 aliphatic rings. The van der Waals surface area contributed by atoms with Gasteiger partial charge in [-0.25, -0.2) is 4.98 Å². The fraction of sp³-hybridized carbons (Fsp3) is 0.238. The Balaban J connectivity index is 1.64.